The lowest BCUT2D eigenvalue weighted by Crippen LogP contribution is -2.59. The van der Waals surface area contributed by atoms with Crippen LogP contribution in [0.15, 0.2) is 42.5 Å². The third kappa shape index (κ3) is 3.12. The zero-order valence-electron chi connectivity index (χ0n) is 18.5. The first-order chi connectivity index (χ1) is 15.9. The van der Waals surface area contributed by atoms with Crippen LogP contribution in [0.3, 0.4) is 0 Å². The topological polar surface area (TPSA) is 91.0 Å². The van der Waals surface area contributed by atoms with Crippen molar-refractivity contribution < 1.29 is 19.1 Å². The van der Waals surface area contributed by atoms with Gasteiger partial charge in [-0.1, -0.05) is 24.3 Å². The van der Waals surface area contributed by atoms with Gasteiger partial charge in [-0.2, -0.15) is 0 Å². The number of fused-ring (bicyclic) bond motifs is 2. The molecule has 8 nitrogen and oxygen atoms in total. The number of hydrogen-bond acceptors (Lipinski definition) is 5. The molecule has 2 saturated heterocycles. The molecule has 1 atom stereocenters. The van der Waals surface area contributed by atoms with E-state index in [0.29, 0.717) is 62.2 Å². The van der Waals surface area contributed by atoms with Crippen LogP contribution in [-0.2, 0) is 11.3 Å². The summed E-state index contributed by atoms with van der Waals surface area (Å²) in [5, 5.41) is 6.61. The van der Waals surface area contributed by atoms with Gasteiger partial charge in [0.15, 0.2) is 0 Å². The molecule has 2 N–H and O–H groups in total. The van der Waals surface area contributed by atoms with Crippen LogP contribution >= 0.6 is 0 Å². The van der Waals surface area contributed by atoms with Gasteiger partial charge in [-0.3, -0.25) is 14.4 Å². The van der Waals surface area contributed by atoms with Gasteiger partial charge in [0.2, 0.25) is 0 Å². The summed E-state index contributed by atoms with van der Waals surface area (Å²) in [6.45, 7) is 2.02. The molecule has 2 aromatic carbocycles. The Hall–Kier alpha value is -3.39. The molecule has 0 saturated carbocycles. The Morgan fingerprint density at radius 2 is 1.82 bits per heavy atom. The number of ether oxygens (including phenoxy) is 1. The molecular formula is C25H26N4O4. The second-order valence-corrected chi connectivity index (χ2v) is 9.65. The number of anilines is 1. The average Bonchev–Trinajstić information content (AvgIpc) is 3.30. The first kappa shape index (κ1) is 20.2. The van der Waals surface area contributed by atoms with E-state index in [1.807, 2.05) is 41.3 Å². The monoisotopic (exact) mass is 446 g/mol. The number of rotatable bonds is 1. The van der Waals surface area contributed by atoms with Crippen molar-refractivity contribution in [2.75, 3.05) is 32.1 Å². The van der Waals surface area contributed by atoms with Gasteiger partial charge >= 0.3 is 0 Å². The first-order valence-electron chi connectivity index (χ1n) is 11.4. The smallest absolute Gasteiger partial charge is 0.255 e. The number of hydrogen-bond donors (Lipinski definition) is 2. The fraction of sp³-hybridized carbons (Fsp3) is 0.400. The van der Waals surface area contributed by atoms with Gasteiger partial charge in [0.25, 0.3) is 17.7 Å². The van der Waals surface area contributed by atoms with Crippen LogP contribution in [0.5, 0.6) is 0 Å². The van der Waals surface area contributed by atoms with Crippen LogP contribution in [0.2, 0.25) is 0 Å². The molecule has 1 unspecified atom stereocenters. The molecule has 2 aromatic rings. The van der Waals surface area contributed by atoms with Crippen molar-refractivity contribution in [3.05, 3.63) is 64.7 Å². The largest absolute Gasteiger partial charge is 0.370 e. The third-order valence-corrected chi connectivity index (χ3v) is 7.46. The van der Waals surface area contributed by atoms with Crippen molar-refractivity contribution >= 4 is 23.4 Å². The molecule has 170 valence electrons. The normalized spacial score (nSPS) is 25.1. The summed E-state index contributed by atoms with van der Waals surface area (Å²) in [4.78, 5) is 42.1. The molecule has 3 amide bonds. The predicted molar refractivity (Wildman–Crippen MR) is 121 cm³/mol. The summed E-state index contributed by atoms with van der Waals surface area (Å²) in [6, 6.07) is 13.0. The molecule has 4 heterocycles. The molecule has 6 rings (SSSR count). The van der Waals surface area contributed by atoms with Crippen molar-refractivity contribution in [3.63, 3.8) is 0 Å². The third-order valence-electron chi connectivity index (χ3n) is 7.46. The van der Waals surface area contributed by atoms with E-state index in [2.05, 4.69) is 10.6 Å². The highest BCUT2D eigenvalue weighted by Gasteiger charge is 2.53. The van der Waals surface area contributed by atoms with E-state index in [1.165, 1.54) is 0 Å². The molecule has 33 heavy (non-hydrogen) atoms. The van der Waals surface area contributed by atoms with Crippen LogP contribution in [0.25, 0.3) is 0 Å². The summed E-state index contributed by atoms with van der Waals surface area (Å²) in [7, 11) is 1.75. The average molecular weight is 447 g/mol. The molecule has 0 aromatic heterocycles. The number of carbonyl (C=O) groups is 3. The summed E-state index contributed by atoms with van der Waals surface area (Å²) in [6.07, 6.45) is 2.01. The van der Waals surface area contributed by atoms with Crippen molar-refractivity contribution in [2.45, 2.75) is 37.1 Å². The number of piperidine rings is 1. The summed E-state index contributed by atoms with van der Waals surface area (Å²) in [5.41, 5.74) is 2.37. The molecular weight excluding hydrogens is 420 g/mol. The maximum absolute atomic E-state index is 13.3. The van der Waals surface area contributed by atoms with Crippen molar-refractivity contribution in [2.24, 2.45) is 0 Å². The number of nitrogens with one attached hydrogen (secondary N) is 2. The SMILES string of the molecule is CN1Cc2cccc(C(=O)N3CCC4(CC3)CC3(CO4)NC(=O)c4ccccc4N3)c2C1=O. The zero-order chi connectivity index (χ0) is 22.8. The lowest BCUT2D eigenvalue weighted by molar-refractivity contribution is -0.0393. The fourth-order valence-corrected chi connectivity index (χ4v) is 5.74. The van der Waals surface area contributed by atoms with Gasteiger partial charge in [-0.05, 0) is 36.6 Å². The van der Waals surface area contributed by atoms with Crippen LogP contribution in [0.1, 0.15) is 55.9 Å². The number of likely N-dealkylation sites (tertiary alicyclic amines) is 1. The maximum atomic E-state index is 13.3. The van der Waals surface area contributed by atoms with Gasteiger partial charge < -0.3 is 25.2 Å². The Morgan fingerprint density at radius 1 is 1.03 bits per heavy atom. The molecule has 0 radical (unpaired) electrons. The van der Waals surface area contributed by atoms with Gasteiger partial charge in [-0.15, -0.1) is 0 Å². The Bertz CT molecular complexity index is 1190. The number of para-hydroxylation sites is 1. The molecule has 8 heteroatoms. The van der Waals surface area contributed by atoms with Crippen molar-refractivity contribution in [3.8, 4) is 0 Å². The number of carbonyl (C=O) groups excluding carboxylic acids is 3. The molecule has 4 aliphatic heterocycles. The van der Waals surface area contributed by atoms with Crippen LogP contribution in [-0.4, -0.2) is 65.5 Å². The Balaban J connectivity index is 1.17. The lowest BCUT2D eigenvalue weighted by atomic mass is 9.84. The standard InChI is InChI=1S/C25H26N4O4/c1-28-13-16-5-4-7-18(20(16)23(28)32)22(31)29-11-9-24(10-12-29)14-25(15-33-24)26-19-8-3-2-6-17(19)21(30)27-25/h2-8,26H,9-15H2,1H3,(H,27,30). The highest BCUT2D eigenvalue weighted by atomic mass is 16.5. The van der Waals surface area contributed by atoms with E-state index >= 15 is 0 Å². The van der Waals surface area contributed by atoms with E-state index in [0.717, 1.165) is 11.3 Å². The highest BCUT2D eigenvalue weighted by Crippen LogP contribution is 2.43. The lowest BCUT2D eigenvalue weighted by Gasteiger charge is -2.41. The first-order valence-corrected chi connectivity index (χ1v) is 11.4. The van der Waals surface area contributed by atoms with E-state index in [1.54, 1.807) is 18.0 Å². The zero-order valence-corrected chi connectivity index (χ0v) is 18.5. The predicted octanol–water partition coefficient (Wildman–Crippen LogP) is 2.22. The highest BCUT2D eigenvalue weighted by molar-refractivity contribution is 6.09. The summed E-state index contributed by atoms with van der Waals surface area (Å²) < 4.78 is 6.30. The Morgan fingerprint density at radius 3 is 2.64 bits per heavy atom. The number of benzene rings is 2. The van der Waals surface area contributed by atoms with E-state index in [4.69, 9.17) is 4.74 Å². The number of amides is 3. The van der Waals surface area contributed by atoms with Crippen molar-refractivity contribution in [1.82, 2.24) is 15.1 Å². The fourth-order valence-electron chi connectivity index (χ4n) is 5.74. The van der Waals surface area contributed by atoms with E-state index < -0.39 is 11.3 Å². The van der Waals surface area contributed by atoms with Gasteiger partial charge in [0.05, 0.1) is 28.9 Å². The number of nitrogens with zero attached hydrogens (tertiary/aromatic N) is 2. The molecule has 0 bridgehead atoms. The van der Waals surface area contributed by atoms with Gasteiger partial charge in [-0.25, -0.2) is 0 Å². The van der Waals surface area contributed by atoms with Crippen LogP contribution in [0.4, 0.5) is 5.69 Å². The maximum Gasteiger partial charge on any atom is 0.255 e. The summed E-state index contributed by atoms with van der Waals surface area (Å²) >= 11 is 0. The minimum Gasteiger partial charge on any atom is -0.370 e. The van der Waals surface area contributed by atoms with Gasteiger partial charge in [0, 0.05) is 38.8 Å². The minimum atomic E-state index is -0.630. The van der Waals surface area contributed by atoms with Crippen molar-refractivity contribution in [1.29, 1.82) is 0 Å². The minimum absolute atomic E-state index is 0.0924. The Kier molecular flexibility index (Phi) is 4.32. The van der Waals surface area contributed by atoms with Crippen LogP contribution in [0, 0.1) is 0 Å². The van der Waals surface area contributed by atoms with E-state index in [-0.39, 0.29) is 17.7 Å². The molecule has 2 spiro atoms. The molecule has 2 fully saturated rings. The molecule has 4 aliphatic rings. The summed E-state index contributed by atoms with van der Waals surface area (Å²) in [5.74, 6) is -0.288. The van der Waals surface area contributed by atoms with E-state index in [9.17, 15) is 14.4 Å². The second-order valence-electron chi connectivity index (χ2n) is 9.65. The Labute approximate surface area is 191 Å². The second kappa shape index (κ2) is 7.05. The van der Waals surface area contributed by atoms with Crippen LogP contribution < -0.4 is 10.6 Å². The van der Waals surface area contributed by atoms with Gasteiger partial charge in [0.1, 0.15) is 5.66 Å². The quantitative estimate of drug-likeness (QED) is 0.701. The molecule has 0 aliphatic carbocycles.